The zero-order chi connectivity index (χ0) is 9.26. The molecule has 1 aromatic heterocycles. The van der Waals surface area contributed by atoms with Crippen molar-refractivity contribution >= 4 is 38.9 Å². The number of thiazole rings is 1. The SMILES string of the molecule is Clc1ncsc1-c1cccc(Br)c1. The Hall–Kier alpha value is -0.380. The number of hydrogen-bond acceptors (Lipinski definition) is 2. The zero-order valence-corrected chi connectivity index (χ0v) is 9.66. The smallest absolute Gasteiger partial charge is 0.147 e. The van der Waals surface area contributed by atoms with Crippen molar-refractivity contribution in [3.63, 3.8) is 0 Å². The summed E-state index contributed by atoms with van der Waals surface area (Å²) >= 11 is 10.9. The van der Waals surface area contributed by atoms with Crippen molar-refractivity contribution in [2.24, 2.45) is 0 Å². The van der Waals surface area contributed by atoms with Crippen LogP contribution in [0.15, 0.2) is 34.2 Å². The van der Waals surface area contributed by atoms with Gasteiger partial charge in [-0.15, -0.1) is 11.3 Å². The van der Waals surface area contributed by atoms with E-state index in [0.717, 1.165) is 14.9 Å². The lowest BCUT2D eigenvalue weighted by atomic mass is 10.2. The van der Waals surface area contributed by atoms with E-state index in [1.54, 1.807) is 16.8 Å². The van der Waals surface area contributed by atoms with E-state index in [0.29, 0.717) is 5.15 Å². The van der Waals surface area contributed by atoms with E-state index in [-0.39, 0.29) is 0 Å². The molecule has 0 radical (unpaired) electrons. The zero-order valence-electron chi connectivity index (χ0n) is 6.50. The van der Waals surface area contributed by atoms with Crippen LogP contribution in [0.4, 0.5) is 0 Å². The molecule has 2 aromatic rings. The predicted octanol–water partition coefficient (Wildman–Crippen LogP) is 4.23. The first-order valence-corrected chi connectivity index (χ1v) is 5.67. The lowest BCUT2D eigenvalue weighted by molar-refractivity contribution is 1.42. The molecule has 0 saturated carbocycles. The number of hydrogen-bond donors (Lipinski definition) is 0. The van der Waals surface area contributed by atoms with Crippen molar-refractivity contribution in [3.8, 4) is 10.4 Å². The minimum absolute atomic E-state index is 0.572. The van der Waals surface area contributed by atoms with Gasteiger partial charge in [-0.2, -0.15) is 0 Å². The van der Waals surface area contributed by atoms with Crippen molar-refractivity contribution < 1.29 is 0 Å². The fraction of sp³-hybridized carbons (Fsp3) is 0. The molecule has 13 heavy (non-hydrogen) atoms. The maximum absolute atomic E-state index is 5.91. The second-order valence-electron chi connectivity index (χ2n) is 2.48. The largest absolute Gasteiger partial charge is 0.232 e. The standard InChI is InChI=1S/C9H5BrClNS/c10-7-3-1-2-6(4-7)8-9(11)12-5-13-8/h1-5H. The maximum atomic E-state index is 5.91. The van der Waals surface area contributed by atoms with E-state index in [2.05, 4.69) is 20.9 Å². The van der Waals surface area contributed by atoms with Crippen molar-refractivity contribution in [1.29, 1.82) is 0 Å². The van der Waals surface area contributed by atoms with Crippen LogP contribution in [0, 0.1) is 0 Å². The van der Waals surface area contributed by atoms with Crippen LogP contribution in [0.1, 0.15) is 0 Å². The monoisotopic (exact) mass is 273 g/mol. The van der Waals surface area contributed by atoms with Crippen LogP contribution in [-0.2, 0) is 0 Å². The Kier molecular flexibility index (Phi) is 2.67. The van der Waals surface area contributed by atoms with Gasteiger partial charge in [0.1, 0.15) is 5.15 Å². The summed E-state index contributed by atoms with van der Waals surface area (Å²) in [5.41, 5.74) is 2.85. The first kappa shape index (κ1) is 9.19. The molecule has 0 bridgehead atoms. The van der Waals surface area contributed by atoms with Crippen LogP contribution in [0.5, 0.6) is 0 Å². The van der Waals surface area contributed by atoms with E-state index in [1.807, 2.05) is 24.3 Å². The summed E-state index contributed by atoms with van der Waals surface area (Å²) in [7, 11) is 0. The van der Waals surface area contributed by atoms with Gasteiger partial charge >= 0.3 is 0 Å². The highest BCUT2D eigenvalue weighted by atomic mass is 79.9. The summed E-state index contributed by atoms with van der Waals surface area (Å²) in [6, 6.07) is 8.01. The maximum Gasteiger partial charge on any atom is 0.147 e. The van der Waals surface area contributed by atoms with Crippen molar-refractivity contribution in [1.82, 2.24) is 4.98 Å². The van der Waals surface area contributed by atoms with Gasteiger partial charge in [0.05, 0.1) is 10.4 Å². The van der Waals surface area contributed by atoms with Crippen LogP contribution in [0.2, 0.25) is 5.15 Å². The Labute approximate surface area is 93.5 Å². The Bertz CT molecular complexity index is 427. The molecule has 0 fully saturated rings. The lowest BCUT2D eigenvalue weighted by Gasteiger charge is -1.97. The first-order valence-electron chi connectivity index (χ1n) is 3.62. The van der Waals surface area contributed by atoms with Gasteiger partial charge in [-0.3, -0.25) is 0 Å². The van der Waals surface area contributed by atoms with Gasteiger partial charge in [-0.05, 0) is 17.7 Å². The van der Waals surface area contributed by atoms with E-state index < -0.39 is 0 Å². The molecule has 0 aliphatic heterocycles. The second-order valence-corrected chi connectivity index (χ2v) is 4.61. The molecule has 0 amide bonds. The molecular formula is C9H5BrClNS. The summed E-state index contributed by atoms with van der Waals surface area (Å²) in [5, 5.41) is 0.572. The summed E-state index contributed by atoms with van der Waals surface area (Å²) in [6.45, 7) is 0. The molecule has 0 atom stereocenters. The fourth-order valence-electron chi connectivity index (χ4n) is 1.05. The Morgan fingerprint density at radius 3 is 2.85 bits per heavy atom. The molecule has 0 spiro atoms. The third-order valence-corrected chi connectivity index (χ3v) is 3.38. The number of nitrogens with zero attached hydrogens (tertiary/aromatic N) is 1. The van der Waals surface area contributed by atoms with E-state index in [4.69, 9.17) is 11.6 Å². The number of rotatable bonds is 1. The molecule has 0 aliphatic rings. The van der Waals surface area contributed by atoms with E-state index >= 15 is 0 Å². The quantitative estimate of drug-likeness (QED) is 0.758. The topological polar surface area (TPSA) is 12.9 Å². The normalized spacial score (nSPS) is 10.3. The molecular weight excluding hydrogens is 270 g/mol. The molecule has 4 heteroatoms. The molecule has 2 rings (SSSR count). The predicted molar refractivity (Wildman–Crippen MR) is 60.3 cm³/mol. The van der Waals surface area contributed by atoms with Crippen LogP contribution in [0.3, 0.4) is 0 Å². The van der Waals surface area contributed by atoms with Crippen LogP contribution < -0.4 is 0 Å². The molecule has 1 aromatic carbocycles. The van der Waals surface area contributed by atoms with Gasteiger partial charge in [0.15, 0.2) is 0 Å². The average molecular weight is 275 g/mol. The van der Waals surface area contributed by atoms with Gasteiger partial charge in [-0.25, -0.2) is 4.98 Å². The van der Waals surface area contributed by atoms with Crippen LogP contribution >= 0.6 is 38.9 Å². The summed E-state index contributed by atoms with van der Waals surface area (Å²) < 4.78 is 1.05. The van der Waals surface area contributed by atoms with Crippen LogP contribution in [0.25, 0.3) is 10.4 Å². The second kappa shape index (κ2) is 3.78. The first-order chi connectivity index (χ1) is 6.27. The number of aromatic nitrogens is 1. The Balaban J connectivity index is 2.53. The van der Waals surface area contributed by atoms with Crippen molar-refractivity contribution in [2.45, 2.75) is 0 Å². The van der Waals surface area contributed by atoms with Gasteiger partial charge in [0.2, 0.25) is 0 Å². The summed E-state index contributed by atoms with van der Waals surface area (Å²) in [5.74, 6) is 0. The fourth-order valence-corrected chi connectivity index (χ4v) is 2.47. The molecule has 1 heterocycles. The summed E-state index contributed by atoms with van der Waals surface area (Å²) in [6.07, 6.45) is 0. The Morgan fingerprint density at radius 2 is 2.23 bits per heavy atom. The molecule has 1 nitrogen and oxygen atoms in total. The van der Waals surface area contributed by atoms with Crippen molar-refractivity contribution in [3.05, 3.63) is 39.4 Å². The highest BCUT2D eigenvalue weighted by molar-refractivity contribution is 9.10. The molecule has 0 unspecified atom stereocenters. The molecule has 0 aliphatic carbocycles. The third-order valence-electron chi connectivity index (χ3n) is 1.61. The van der Waals surface area contributed by atoms with Gasteiger partial charge in [-0.1, -0.05) is 39.7 Å². The number of halogens is 2. The molecule has 0 N–H and O–H groups in total. The average Bonchev–Trinajstić information content (AvgIpc) is 2.51. The minimum Gasteiger partial charge on any atom is -0.232 e. The Morgan fingerprint density at radius 1 is 1.38 bits per heavy atom. The number of benzene rings is 1. The van der Waals surface area contributed by atoms with Crippen LogP contribution in [-0.4, -0.2) is 4.98 Å². The summed E-state index contributed by atoms with van der Waals surface area (Å²) in [4.78, 5) is 5.01. The minimum atomic E-state index is 0.572. The van der Waals surface area contributed by atoms with E-state index in [1.165, 1.54) is 0 Å². The third kappa shape index (κ3) is 1.93. The van der Waals surface area contributed by atoms with E-state index in [9.17, 15) is 0 Å². The molecule has 66 valence electrons. The highest BCUT2D eigenvalue weighted by Gasteiger charge is 2.05. The van der Waals surface area contributed by atoms with Gasteiger partial charge in [0.25, 0.3) is 0 Å². The van der Waals surface area contributed by atoms with Crippen molar-refractivity contribution in [2.75, 3.05) is 0 Å². The van der Waals surface area contributed by atoms with Gasteiger partial charge < -0.3 is 0 Å². The highest BCUT2D eigenvalue weighted by Crippen LogP contribution is 2.32. The van der Waals surface area contributed by atoms with Gasteiger partial charge in [0, 0.05) is 4.47 Å². The molecule has 0 saturated heterocycles. The lowest BCUT2D eigenvalue weighted by Crippen LogP contribution is -1.73.